The topological polar surface area (TPSA) is 12.0 Å². The minimum atomic E-state index is 0.638. The molecule has 0 spiro atoms. The highest BCUT2D eigenvalue weighted by molar-refractivity contribution is 8.00. The molecule has 0 saturated heterocycles. The molecular weight excluding hydrogens is 178 g/mol. The van der Waals surface area contributed by atoms with E-state index in [-0.39, 0.29) is 0 Å². The third-order valence-electron chi connectivity index (χ3n) is 2.44. The Morgan fingerprint density at radius 3 is 2.23 bits per heavy atom. The van der Waals surface area contributed by atoms with Crippen LogP contribution in [0.4, 0.5) is 0 Å². The van der Waals surface area contributed by atoms with Crippen LogP contribution >= 0.6 is 11.8 Å². The third kappa shape index (κ3) is 6.39. The molecule has 3 unspecified atom stereocenters. The van der Waals surface area contributed by atoms with E-state index in [1.165, 1.54) is 12.8 Å². The highest BCUT2D eigenvalue weighted by atomic mass is 32.2. The lowest BCUT2D eigenvalue weighted by Crippen LogP contribution is -2.35. The normalized spacial score (nSPS) is 18.2. The van der Waals surface area contributed by atoms with E-state index in [0.29, 0.717) is 6.04 Å². The first kappa shape index (κ1) is 13.3. The summed E-state index contributed by atoms with van der Waals surface area (Å²) in [6, 6.07) is 0.638. The van der Waals surface area contributed by atoms with Crippen LogP contribution in [0.1, 0.15) is 47.5 Å². The second kappa shape index (κ2) is 7.69. The third-order valence-corrected chi connectivity index (χ3v) is 4.08. The van der Waals surface area contributed by atoms with Gasteiger partial charge in [-0.2, -0.15) is 11.8 Å². The summed E-state index contributed by atoms with van der Waals surface area (Å²) in [5.41, 5.74) is 0. The van der Waals surface area contributed by atoms with Crippen molar-refractivity contribution in [1.29, 1.82) is 0 Å². The molecule has 80 valence electrons. The number of nitrogens with one attached hydrogen (secondary N) is 1. The summed E-state index contributed by atoms with van der Waals surface area (Å²) in [5.74, 6) is 0. The first-order chi connectivity index (χ1) is 6.11. The van der Waals surface area contributed by atoms with E-state index in [4.69, 9.17) is 0 Å². The first-order valence-corrected chi connectivity index (χ1v) is 6.44. The predicted octanol–water partition coefficient (Wildman–Crippen LogP) is 3.29. The van der Waals surface area contributed by atoms with E-state index in [2.05, 4.69) is 51.7 Å². The Morgan fingerprint density at radius 1 is 1.15 bits per heavy atom. The van der Waals surface area contributed by atoms with Crippen LogP contribution in [0.5, 0.6) is 0 Å². The molecule has 0 bridgehead atoms. The van der Waals surface area contributed by atoms with E-state index >= 15 is 0 Å². The molecule has 0 aliphatic rings. The fourth-order valence-electron chi connectivity index (χ4n) is 1.12. The molecule has 2 heteroatoms. The van der Waals surface area contributed by atoms with Crippen LogP contribution < -0.4 is 5.32 Å². The molecule has 0 aromatic rings. The molecule has 0 fully saturated rings. The molecule has 0 aliphatic carbocycles. The van der Waals surface area contributed by atoms with Crippen molar-refractivity contribution < 1.29 is 0 Å². The van der Waals surface area contributed by atoms with Crippen molar-refractivity contribution in [2.24, 2.45) is 0 Å². The van der Waals surface area contributed by atoms with Gasteiger partial charge in [0.2, 0.25) is 0 Å². The highest BCUT2D eigenvalue weighted by Crippen LogP contribution is 2.21. The standard InChI is InChI=1S/C11H25NS/c1-6-8-12-10(4)11(5)13-9(3)7-2/h9-12H,6-8H2,1-5H3. The summed E-state index contributed by atoms with van der Waals surface area (Å²) < 4.78 is 0. The lowest BCUT2D eigenvalue weighted by atomic mass is 10.2. The maximum atomic E-state index is 3.54. The zero-order valence-electron chi connectivity index (χ0n) is 9.76. The monoisotopic (exact) mass is 203 g/mol. The smallest absolute Gasteiger partial charge is 0.0172 e. The number of thioether (sulfide) groups is 1. The van der Waals surface area contributed by atoms with E-state index in [0.717, 1.165) is 17.0 Å². The Labute approximate surface area is 88.1 Å². The minimum Gasteiger partial charge on any atom is -0.313 e. The molecule has 1 nitrogen and oxygen atoms in total. The van der Waals surface area contributed by atoms with E-state index in [9.17, 15) is 0 Å². The van der Waals surface area contributed by atoms with E-state index in [1.54, 1.807) is 0 Å². The lowest BCUT2D eigenvalue weighted by Gasteiger charge is -2.23. The van der Waals surface area contributed by atoms with Crippen molar-refractivity contribution in [2.45, 2.75) is 64.0 Å². The fraction of sp³-hybridized carbons (Fsp3) is 1.00. The van der Waals surface area contributed by atoms with Gasteiger partial charge in [0, 0.05) is 16.5 Å². The summed E-state index contributed by atoms with van der Waals surface area (Å²) >= 11 is 2.10. The van der Waals surface area contributed by atoms with Gasteiger partial charge >= 0.3 is 0 Å². The molecule has 0 amide bonds. The van der Waals surface area contributed by atoms with Crippen LogP contribution in [0, 0.1) is 0 Å². The van der Waals surface area contributed by atoms with Gasteiger partial charge in [0.1, 0.15) is 0 Å². The van der Waals surface area contributed by atoms with Crippen LogP contribution in [-0.4, -0.2) is 23.1 Å². The zero-order chi connectivity index (χ0) is 10.3. The molecule has 0 aromatic heterocycles. The van der Waals surface area contributed by atoms with E-state index < -0.39 is 0 Å². The molecule has 0 rings (SSSR count). The Balaban J connectivity index is 3.61. The van der Waals surface area contributed by atoms with Gasteiger partial charge in [0.05, 0.1) is 0 Å². The molecule has 13 heavy (non-hydrogen) atoms. The fourth-order valence-corrected chi connectivity index (χ4v) is 2.38. The molecule has 0 aromatic carbocycles. The lowest BCUT2D eigenvalue weighted by molar-refractivity contribution is 0.541. The van der Waals surface area contributed by atoms with Gasteiger partial charge < -0.3 is 5.32 Å². The Hall–Kier alpha value is 0.310. The maximum Gasteiger partial charge on any atom is 0.0172 e. The summed E-state index contributed by atoms with van der Waals surface area (Å²) in [6.45, 7) is 12.5. The number of rotatable bonds is 7. The van der Waals surface area contributed by atoms with Crippen LogP contribution in [0.3, 0.4) is 0 Å². The quantitative estimate of drug-likeness (QED) is 0.681. The predicted molar refractivity (Wildman–Crippen MR) is 64.6 cm³/mol. The van der Waals surface area contributed by atoms with Crippen molar-refractivity contribution in [2.75, 3.05) is 6.54 Å². The van der Waals surface area contributed by atoms with Crippen LogP contribution in [0.25, 0.3) is 0 Å². The number of hydrogen-bond donors (Lipinski definition) is 1. The van der Waals surface area contributed by atoms with Gasteiger partial charge in [-0.15, -0.1) is 0 Å². The van der Waals surface area contributed by atoms with Crippen LogP contribution in [-0.2, 0) is 0 Å². The largest absolute Gasteiger partial charge is 0.313 e. The Kier molecular flexibility index (Phi) is 7.87. The van der Waals surface area contributed by atoms with Crippen molar-refractivity contribution in [3.05, 3.63) is 0 Å². The summed E-state index contributed by atoms with van der Waals surface area (Å²) in [4.78, 5) is 0. The molecular formula is C11H25NS. The zero-order valence-corrected chi connectivity index (χ0v) is 10.6. The van der Waals surface area contributed by atoms with Crippen LogP contribution in [0.2, 0.25) is 0 Å². The summed E-state index contributed by atoms with van der Waals surface area (Å²) in [5, 5.41) is 5.06. The SMILES string of the molecule is CCCNC(C)C(C)SC(C)CC. The highest BCUT2D eigenvalue weighted by Gasteiger charge is 2.13. The Bertz CT molecular complexity index is 117. The average molecular weight is 203 g/mol. The van der Waals surface area contributed by atoms with Gasteiger partial charge in [-0.25, -0.2) is 0 Å². The van der Waals surface area contributed by atoms with Gasteiger partial charge in [-0.3, -0.25) is 0 Å². The molecule has 0 saturated carbocycles. The van der Waals surface area contributed by atoms with Gasteiger partial charge in [0.25, 0.3) is 0 Å². The van der Waals surface area contributed by atoms with Crippen molar-refractivity contribution in [3.8, 4) is 0 Å². The van der Waals surface area contributed by atoms with Crippen molar-refractivity contribution in [1.82, 2.24) is 5.32 Å². The second-order valence-corrected chi connectivity index (χ2v) is 5.62. The number of hydrogen-bond acceptors (Lipinski definition) is 2. The molecule has 3 atom stereocenters. The van der Waals surface area contributed by atoms with Crippen LogP contribution in [0.15, 0.2) is 0 Å². The average Bonchev–Trinajstić information content (AvgIpc) is 2.13. The molecule has 0 radical (unpaired) electrons. The van der Waals surface area contributed by atoms with Gasteiger partial charge in [-0.05, 0) is 26.3 Å². The minimum absolute atomic E-state index is 0.638. The van der Waals surface area contributed by atoms with Gasteiger partial charge in [-0.1, -0.05) is 27.7 Å². The maximum absolute atomic E-state index is 3.54. The van der Waals surface area contributed by atoms with Crippen molar-refractivity contribution >= 4 is 11.8 Å². The first-order valence-electron chi connectivity index (χ1n) is 5.50. The Morgan fingerprint density at radius 2 is 1.77 bits per heavy atom. The van der Waals surface area contributed by atoms with Crippen molar-refractivity contribution in [3.63, 3.8) is 0 Å². The molecule has 1 N–H and O–H groups in total. The summed E-state index contributed by atoms with van der Waals surface area (Å²) in [7, 11) is 0. The van der Waals surface area contributed by atoms with E-state index in [1.807, 2.05) is 0 Å². The summed E-state index contributed by atoms with van der Waals surface area (Å²) in [6.07, 6.45) is 2.50. The van der Waals surface area contributed by atoms with Gasteiger partial charge in [0.15, 0.2) is 0 Å². The molecule has 0 heterocycles. The molecule has 0 aliphatic heterocycles. The second-order valence-electron chi connectivity index (χ2n) is 3.80.